The van der Waals surface area contributed by atoms with Crippen molar-refractivity contribution in [2.75, 3.05) is 39.6 Å². The Kier molecular flexibility index (Phi) is 64.3. The minimum atomic E-state index is -4.96. The number of phosphoric acid groups is 2. The predicted molar refractivity (Wildman–Crippen MR) is 381 cm³/mol. The number of rotatable bonds is 73. The number of esters is 4. The van der Waals surface area contributed by atoms with Crippen molar-refractivity contribution in [1.29, 1.82) is 0 Å². The summed E-state index contributed by atoms with van der Waals surface area (Å²) < 4.78 is 68.4. The fourth-order valence-electron chi connectivity index (χ4n) is 11.4. The molecule has 0 aromatic carbocycles. The van der Waals surface area contributed by atoms with Gasteiger partial charge in [-0.1, -0.05) is 331 Å². The summed E-state index contributed by atoms with van der Waals surface area (Å²) in [6.07, 6.45) is 51.4. The third-order valence-corrected chi connectivity index (χ3v) is 19.3. The zero-order valence-corrected chi connectivity index (χ0v) is 63.2. The van der Waals surface area contributed by atoms with Gasteiger partial charge in [0.1, 0.15) is 19.3 Å². The molecule has 0 aliphatic heterocycles. The second kappa shape index (κ2) is 65.7. The summed E-state index contributed by atoms with van der Waals surface area (Å²) in [5.41, 5.74) is 0. The summed E-state index contributed by atoms with van der Waals surface area (Å²) in [7, 11) is -9.91. The summed E-state index contributed by atoms with van der Waals surface area (Å²) in [5.74, 6) is 0.229. The first kappa shape index (κ1) is 92.1. The number of carbonyl (C=O) groups is 4. The van der Waals surface area contributed by atoms with Crippen molar-refractivity contribution in [3.05, 3.63) is 0 Å². The first-order valence-corrected chi connectivity index (χ1v) is 41.8. The third kappa shape index (κ3) is 68.6. The lowest BCUT2D eigenvalue weighted by molar-refractivity contribution is -0.161. The number of ether oxygens (including phenoxy) is 4. The zero-order chi connectivity index (χ0) is 69.4. The van der Waals surface area contributed by atoms with Crippen LogP contribution < -0.4 is 0 Å². The molecule has 17 nitrogen and oxygen atoms in total. The fraction of sp³-hybridized carbons (Fsp3) is 0.947. The molecule has 0 aromatic rings. The molecule has 5 atom stereocenters. The number of phosphoric ester groups is 2. The number of carbonyl (C=O) groups excluding carboxylic acids is 4. The van der Waals surface area contributed by atoms with Crippen LogP contribution in [-0.4, -0.2) is 96.7 Å². The minimum Gasteiger partial charge on any atom is -0.462 e. The molecule has 0 heterocycles. The van der Waals surface area contributed by atoms with Gasteiger partial charge in [0.15, 0.2) is 12.2 Å². The molecule has 94 heavy (non-hydrogen) atoms. The molecule has 0 fully saturated rings. The van der Waals surface area contributed by atoms with Crippen LogP contribution in [-0.2, 0) is 65.4 Å². The second-order valence-corrected chi connectivity index (χ2v) is 31.4. The van der Waals surface area contributed by atoms with Crippen LogP contribution in [0.25, 0.3) is 0 Å². The van der Waals surface area contributed by atoms with Crippen LogP contribution >= 0.6 is 15.6 Å². The van der Waals surface area contributed by atoms with E-state index in [2.05, 4.69) is 48.5 Å². The van der Waals surface area contributed by atoms with E-state index in [4.69, 9.17) is 37.0 Å². The maximum absolute atomic E-state index is 13.1. The first-order chi connectivity index (χ1) is 45.2. The fourth-order valence-corrected chi connectivity index (χ4v) is 13.0. The molecule has 0 rings (SSSR count). The highest BCUT2D eigenvalue weighted by Crippen LogP contribution is 2.45. The molecule has 0 aliphatic rings. The molecule has 0 saturated heterocycles. The largest absolute Gasteiger partial charge is 0.472 e. The molecule has 0 saturated carbocycles. The Morgan fingerprint density at radius 1 is 0.287 bits per heavy atom. The molecule has 558 valence electrons. The van der Waals surface area contributed by atoms with Crippen LogP contribution in [0.4, 0.5) is 0 Å². The van der Waals surface area contributed by atoms with Crippen molar-refractivity contribution in [2.24, 2.45) is 17.8 Å². The Morgan fingerprint density at radius 3 is 0.723 bits per heavy atom. The topological polar surface area (TPSA) is 237 Å². The van der Waals surface area contributed by atoms with Crippen LogP contribution in [0.2, 0.25) is 0 Å². The van der Waals surface area contributed by atoms with Crippen molar-refractivity contribution in [2.45, 2.75) is 401 Å². The van der Waals surface area contributed by atoms with E-state index in [-0.39, 0.29) is 25.7 Å². The lowest BCUT2D eigenvalue weighted by Gasteiger charge is -2.21. The van der Waals surface area contributed by atoms with Crippen LogP contribution in [0.1, 0.15) is 382 Å². The first-order valence-electron chi connectivity index (χ1n) is 38.8. The normalized spacial score (nSPS) is 14.1. The lowest BCUT2D eigenvalue weighted by atomic mass is 10.0. The number of hydrogen-bond acceptors (Lipinski definition) is 15. The Hall–Kier alpha value is -1.94. The van der Waals surface area contributed by atoms with Crippen molar-refractivity contribution < 1.29 is 80.2 Å². The van der Waals surface area contributed by atoms with Crippen LogP contribution in [0, 0.1) is 17.8 Å². The second-order valence-electron chi connectivity index (χ2n) is 28.5. The van der Waals surface area contributed by atoms with Gasteiger partial charge in [-0.2, -0.15) is 0 Å². The summed E-state index contributed by atoms with van der Waals surface area (Å²) in [4.78, 5) is 72.7. The van der Waals surface area contributed by atoms with Crippen molar-refractivity contribution >= 4 is 39.5 Å². The van der Waals surface area contributed by atoms with Gasteiger partial charge in [0.05, 0.1) is 26.4 Å². The van der Waals surface area contributed by atoms with Gasteiger partial charge in [0.25, 0.3) is 0 Å². The van der Waals surface area contributed by atoms with Gasteiger partial charge in [-0.15, -0.1) is 0 Å². The highest BCUT2D eigenvalue weighted by atomic mass is 31.2. The molecular formula is C75H146O17P2. The predicted octanol–water partition coefficient (Wildman–Crippen LogP) is 21.8. The molecule has 0 bridgehead atoms. The quantitative estimate of drug-likeness (QED) is 0.0222. The monoisotopic (exact) mass is 1380 g/mol. The molecule has 3 N–H and O–H groups in total. The standard InChI is InChI=1S/C75H146O17P2/c1-8-9-10-11-32-42-49-56-72(77)85-62-70(91-75(80)59-52-45-38-31-25-19-22-28-35-41-48-55-68(6)7)64-89-93(81,82)87-60-69(76)61-88-94(83,84)90-65-71(63-86-73(78)57-50-43-36-29-23-18-14-16-21-27-34-40-47-54-67(4)5)92-74(79)58-51-44-37-30-24-17-13-12-15-20-26-33-39-46-53-66(2)3/h66-71,76H,8-65H2,1-7H3,(H,81,82)(H,83,84)/t69-,70+,71+/m0/s1. The van der Waals surface area contributed by atoms with Crippen molar-refractivity contribution in [1.82, 2.24) is 0 Å². The average molecular weight is 1380 g/mol. The SMILES string of the molecule is CCCCCCCCCC(=O)OC[C@H](COP(=O)(O)OC[C@H](O)COP(=O)(O)OC[C@@H](COC(=O)CCCCCCCCCCCCCCCC(C)C)OC(=O)CCCCCCCCCCCCCCCCC(C)C)OC(=O)CCCCCCCCCCCCCC(C)C. The Labute approximate surface area is 575 Å². The molecular weight excluding hydrogens is 1230 g/mol. The molecule has 0 aliphatic carbocycles. The summed E-state index contributed by atoms with van der Waals surface area (Å²) in [6, 6.07) is 0. The van der Waals surface area contributed by atoms with Gasteiger partial charge in [0.2, 0.25) is 0 Å². The van der Waals surface area contributed by atoms with Crippen LogP contribution in [0.3, 0.4) is 0 Å². The molecule has 2 unspecified atom stereocenters. The molecule has 0 amide bonds. The van der Waals surface area contributed by atoms with Gasteiger partial charge in [-0.3, -0.25) is 37.3 Å². The lowest BCUT2D eigenvalue weighted by Crippen LogP contribution is -2.30. The highest BCUT2D eigenvalue weighted by molar-refractivity contribution is 7.47. The van der Waals surface area contributed by atoms with Gasteiger partial charge in [-0.25, -0.2) is 9.13 Å². The Balaban J connectivity index is 5.20. The Morgan fingerprint density at radius 2 is 0.489 bits per heavy atom. The van der Waals surface area contributed by atoms with Crippen LogP contribution in [0.5, 0.6) is 0 Å². The van der Waals surface area contributed by atoms with E-state index in [0.29, 0.717) is 25.7 Å². The van der Waals surface area contributed by atoms with Crippen molar-refractivity contribution in [3.8, 4) is 0 Å². The van der Waals surface area contributed by atoms with E-state index < -0.39 is 97.5 Å². The molecule has 19 heteroatoms. The maximum atomic E-state index is 13.1. The van der Waals surface area contributed by atoms with Crippen LogP contribution in [0.15, 0.2) is 0 Å². The smallest absolute Gasteiger partial charge is 0.462 e. The average Bonchev–Trinajstić information content (AvgIpc) is 1.14. The van der Waals surface area contributed by atoms with E-state index in [0.717, 1.165) is 120 Å². The number of aliphatic hydroxyl groups is 1. The van der Waals surface area contributed by atoms with E-state index in [1.807, 2.05) is 0 Å². The van der Waals surface area contributed by atoms with E-state index in [1.165, 1.54) is 180 Å². The third-order valence-electron chi connectivity index (χ3n) is 17.4. The van der Waals surface area contributed by atoms with E-state index in [1.54, 1.807) is 0 Å². The molecule has 0 spiro atoms. The zero-order valence-electron chi connectivity index (χ0n) is 61.4. The van der Waals surface area contributed by atoms with Gasteiger partial charge in [0, 0.05) is 25.7 Å². The number of unbranched alkanes of at least 4 members (excludes halogenated alkanes) is 41. The summed E-state index contributed by atoms with van der Waals surface area (Å²) >= 11 is 0. The summed E-state index contributed by atoms with van der Waals surface area (Å²) in [5, 5.41) is 10.6. The summed E-state index contributed by atoms with van der Waals surface area (Å²) in [6.45, 7) is 11.9. The van der Waals surface area contributed by atoms with E-state index >= 15 is 0 Å². The van der Waals surface area contributed by atoms with Crippen molar-refractivity contribution in [3.63, 3.8) is 0 Å². The minimum absolute atomic E-state index is 0.106. The molecule has 0 radical (unpaired) electrons. The highest BCUT2D eigenvalue weighted by Gasteiger charge is 2.30. The molecule has 0 aromatic heterocycles. The maximum Gasteiger partial charge on any atom is 0.472 e. The Bertz CT molecular complexity index is 1840. The number of hydrogen-bond donors (Lipinski definition) is 3. The van der Waals surface area contributed by atoms with Gasteiger partial charge >= 0.3 is 39.5 Å². The van der Waals surface area contributed by atoms with Gasteiger partial charge in [-0.05, 0) is 43.4 Å². The van der Waals surface area contributed by atoms with Gasteiger partial charge < -0.3 is 33.8 Å². The number of aliphatic hydroxyl groups excluding tert-OH is 1. The van der Waals surface area contributed by atoms with E-state index in [9.17, 15) is 43.2 Å².